The van der Waals surface area contributed by atoms with E-state index >= 15 is 0 Å². The standard InChI is InChI=1S/C21H24ClN3O3S/c1-14-4-3-5-19(15(14)2)28-13-20(26)24-21(29)23-16-6-7-18(17(22)12-16)25-8-10-27-11-9-25/h3-7,12H,8-11,13H2,1-2H3,(H2,23,24,26,29). The molecule has 1 saturated heterocycles. The first-order valence-electron chi connectivity index (χ1n) is 9.36. The maximum atomic E-state index is 12.1. The van der Waals surface area contributed by atoms with Crippen LogP contribution in [0.1, 0.15) is 11.1 Å². The number of anilines is 2. The van der Waals surface area contributed by atoms with Gasteiger partial charge in [-0.1, -0.05) is 23.7 Å². The van der Waals surface area contributed by atoms with E-state index in [0.717, 1.165) is 29.9 Å². The van der Waals surface area contributed by atoms with Crippen molar-refractivity contribution in [2.45, 2.75) is 13.8 Å². The summed E-state index contributed by atoms with van der Waals surface area (Å²) in [5.74, 6) is 0.351. The maximum absolute atomic E-state index is 12.1. The molecule has 0 unspecified atom stereocenters. The van der Waals surface area contributed by atoms with Crippen LogP contribution in [0.2, 0.25) is 5.02 Å². The zero-order chi connectivity index (χ0) is 20.8. The van der Waals surface area contributed by atoms with Crippen LogP contribution in [-0.2, 0) is 9.53 Å². The molecule has 1 aliphatic heterocycles. The largest absolute Gasteiger partial charge is 0.483 e. The minimum atomic E-state index is -0.334. The number of nitrogens with one attached hydrogen (secondary N) is 2. The van der Waals surface area contributed by atoms with E-state index in [1.54, 1.807) is 6.07 Å². The molecule has 6 nitrogen and oxygen atoms in total. The summed E-state index contributed by atoms with van der Waals surface area (Å²) in [6.45, 7) is 6.83. The van der Waals surface area contributed by atoms with Gasteiger partial charge in [0, 0.05) is 18.8 Å². The molecule has 0 aliphatic carbocycles. The fourth-order valence-corrected chi connectivity index (χ4v) is 3.53. The Hall–Kier alpha value is -2.35. The van der Waals surface area contributed by atoms with E-state index in [2.05, 4.69) is 15.5 Å². The third-order valence-corrected chi connectivity index (χ3v) is 5.23. The van der Waals surface area contributed by atoms with Gasteiger partial charge in [-0.3, -0.25) is 10.1 Å². The topological polar surface area (TPSA) is 62.8 Å². The molecule has 1 fully saturated rings. The van der Waals surface area contributed by atoms with Crippen molar-refractivity contribution in [2.75, 3.05) is 43.1 Å². The van der Waals surface area contributed by atoms with Gasteiger partial charge in [-0.15, -0.1) is 0 Å². The van der Waals surface area contributed by atoms with Crippen LogP contribution < -0.4 is 20.3 Å². The molecule has 0 bridgehead atoms. The number of halogens is 1. The van der Waals surface area contributed by atoms with Gasteiger partial charge in [0.1, 0.15) is 5.75 Å². The van der Waals surface area contributed by atoms with Gasteiger partial charge in [-0.2, -0.15) is 0 Å². The summed E-state index contributed by atoms with van der Waals surface area (Å²) in [4.78, 5) is 14.3. The number of nitrogens with zero attached hydrogens (tertiary/aromatic N) is 1. The Morgan fingerprint density at radius 2 is 2.00 bits per heavy atom. The van der Waals surface area contributed by atoms with Crippen LogP contribution in [0.15, 0.2) is 36.4 Å². The molecule has 2 aromatic carbocycles. The molecular formula is C21H24ClN3O3S. The van der Waals surface area contributed by atoms with Crippen molar-refractivity contribution >= 4 is 46.2 Å². The van der Waals surface area contributed by atoms with Crippen LogP contribution in [0.4, 0.5) is 11.4 Å². The summed E-state index contributed by atoms with van der Waals surface area (Å²) < 4.78 is 11.0. The number of carbonyl (C=O) groups is 1. The molecule has 0 atom stereocenters. The van der Waals surface area contributed by atoms with Crippen molar-refractivity contribution in [1.29, 1.82) is 0 Å². The van der Waals surface area contributed by atoms with Crippen molar-refractivity contribution in [3.8, 4) is 5.75 Å². The summed E-state index contributed by atoms with van der Waals surface area (Å²) in [7, 11) is 0. The summed E-state index contributed by atoms with van der Waals surface area (Å²) >= 11 is 11.6. The Bertz CT molecular complexity index is 901. The number of aryl methyl sites for hydroxylation is 1. The van der Waals surface area contributed by atoms with Gasteiger partial charge < -0.3 is 19.7 Å². The molecule has 29 heavy (non-hydrogen) atoms. The predicted octanol–water partition coefficient (Wildman–Crippen LogP) is 3.69. The summed E-state index contributed by atoms with van der Waals surface area (Å²) in [6.07, 6.45) is 0. The molecule has 1 heterocycles. The molecule has 0 spiro atoms. The van der Waals surface area contributed by atoms with Crippen molar-refractivity contribution in [1.82, 2.24) is 5.32 Å². The molecule has 0 aromatic heterocycles. The first kappa shape index (κ1) is 21.4. The number of rotatable bonds is 5. The summed E-state index contributed by atoms with van der Waals surface area (Å²) in [6, 6.07) is 11.3. The van der Waals surface area contributed by atoms with E-state index in [1.807, 2.05) is 44.2 Å². The minimum Gasteiger partial charge on any atom is -0.483 e. The Morgan fingerprint density at radius 1 is 1.24 bits per heavy atom. The highest BCUT2D eigenvalue weighted by atomic mass is 35.5. The van der Waals surface area contributed by atoms with E-state index in [4.69, 9.17) is 33.3 Å². The second kappa shape index (κ2) is 9.91. The Labute approximate surface area is 181 Å². The highest BCUT2D eigenvalue weighted by Crippen LogP contribution is 2.29. The lowest BCUT2D eigenvalue weighted by atomic mass is 10.1. The lowest BCUT2D eigenvalue weighted by Crippen LogP contribution is -2.37. The number of hydrogen-bond acceptors (Lipinski definition) is 5. The van der Waals surface area contributed by atoms with Crippen molar-refractivity contribution in [3.05, 3.63) is 52.5 Å². The predicted molar refractivity (Wildman–Crippen MR) is 120 cm³/mol. The molecule has 154 valence electrons. The van der Waals surface area contributed by atoms with Gasteiger partial charge in [-0.05, 0) is 61.5 Å². The smallest absolute Gasteiger partial charge is 0.264 e. The molecule has 1 amide bonds. The van der Waals surface area contributed by atoms with Gasteiger partial charge in [0.25, 0.3) is 5.91 Å². The van der Waals surface area contributed by atoms with Gasteiger partial charge in [0.05, 0.1) is 23.9 Å². The van der Waals surface area contributed by atoms with Crippen LogP contribution in [-0.4, -0.2) is 43.9 Å². The molecule has 2 aromatic rings. The third kappa shape index (κ3) is 5.82. The number of benzene rings is 2. The average molecular weight is 434 g/mol. The van der Waals surface area contributed by atoms with Gasteiger partial charge in [-0.25, -0.2) is 0 Å². The molecule has 0 saturated carbocycles. The van der Waals surface area contributed by atoms with Crippen LogP contribution in [0.5, 0.6) is 5.75 Å². The van der Waals surface area contributed by atoms with Gasteiger partial charge >= 0.3 is 0 Å². The molecule has 8 heteroatoms. The average Bonchev–Trinajstić information content (AvgIpc) is 2.70. The van der Waals surface area contributed by atoms with E-state index in [9.17, 15) is 4.79 Å². The number of carbonyl (C=O) groups excluding carboxylic acids is 1. The lowest BCUT2D eigenvalue weighted by molar-refractivity contribution is -0.121. The van der Waals surface area contributed by atoms with Crippen molar-refractivity contribution in [2.24, 2.45) is 0 Å². The first-order chi connectivity index (χ1) is 13.9. The number of thiocarbonyl (C=S) groups is 1. The SMILES string of the molecule is Cc1cccc(OCC(=O)NC(=S)Nc2ccc(N3CCOCC3)c(Cl)c2)c1C. The molecule has 1 aliphatic rings. The number of ether oxygens (including phenoxy) is 2. The van der Waals surface area contributed by atoms with Crippen LogP contribution in [0.3, 0.4) is 0 Å². The zero-order valence-electron chi connectivity index (χ0n) is 16.5. The van der Waals surface area contributed by atoms with Crippen LogP contribution in [0, 0.1) is 13.8 Å². The number of hydrogen-bond donors (Lipinski definition) is 2. The van der Waals surface area contributed by atoms with E-state index in [-0.39, 0.29) is 17.6 Å². The summed E-state index contributed by atoms with van der Waals surface area (Å²) in [5, 5.41) is 6.40. The maximum Gasteiger partial charge on any atom is 0.264 e. The van der Waals surface area contributed by atoms with Gasteiger partial charge in [0.15, 0.2) is 11.7 Å². The number of amides is 1. The second-order valence-electron chi connectivity index (χ2n) is 6.75. The highest BCUT2D eigenvalue weighted by molar-refractivity contribution is 7.80. The zero-order valence-corrected chi connectivity index (χ0v) is 18.0. The number of morpholine rings is 1. The quantitative estimate of drug-likeness (QED) is 0.701. The second-order valence-corrected chi connectivity index (χ2v) is 7.57. The highest BCUT2D eigenvalue weighted by Gasteiger charge is 2.15. The lowest BCUT2D eigenvalue weighted by Gasteiger charge is -2.29. The van der Waals surface area contributed by atoms with E-state index < -0.39 is 0 Å². The van der Waals surface area contributed by atoms with Crippen LogP contribution >= 0.6 is 23.8 Å². The van der Waals surface area contributed by atoms with E-state index in [1.165, 1.54) is 0 Å². The normalized spacial score (nSPS) is 13.7. The Balaban J connectivity index is 1.51. The third-order valence-electron chi connectivity index (χ3n) is 4.72. The Morgan fingerprint density at radius 3 is 2.72 bits per heavy atom. The monoisotopic (exact) mass is 433 g/mol. The van der Waals surface area contributed by atoms with Crippen molar-refractivity contribution in [3.63, 3.8) is 0 Å². The summed E-state index contributed by atoms with van der Waals surface area (Å²) in [5.41, 5.74) is 3.78. The van der Waals surface area contributed by atoms with Gasteiger partial charge in [0.2, 0.25) is 0 Å². The molecule has 0 radical (unpaired) electrons. The van der Waals surface area contributed by atoms with E-state index in [0.29, 0.717) is 29.7 Å². The molecule has 3 rings (SSSR count). The molecular weight excluding hydrogens is 410 g/mol. The Kier molecular flexibility index (Phi) is 7.30. The molecule has 2 N–H and O–H groups in total. The fourth-order valence-electron chi connectivity index (χ4n) is 2.99. The minimum absolute atomic E-state index is 0.122. The fraction of sp³-hybridized carbons (Fsp3) is 0.333. The van der Waals surface area contributed by atoms with Crippen molar-refractivity contribution < 1.29 is 14.3 Å². The first-order valence-corrected chi connectivity index (χ1v) is 10.1. The van der Waals surface area contributed by atoms with Crippen LogP contribution in [0.25, 0.3) is 0 Å².